The maximum atomic E-state index is 9.74. The third-order valence-electron chi connectivity index (χ3n) is 3.00. The van der Waals surface area contributed by atoms with Crippen molar-refractivity contribution in [3.63, 3.8) is 0 Å². The summed E-state index contributed by atoms with van der Waals surface area (Å²) < 4.78 is 6.52. The third-order valence-corrected chi connectivity index (χ3v) is 3.53. The summed E-state index contributed by atoms with van der Waals surface area (Å²) in [7, 11) is 0. The van der Waals surface area contributed by atoms with Crippen LogP contribution in [0.25, 0.3) is 0 Å². The molecule has 0 saturated heterocycles. The normalized spacial score (nSPS) is 17.5. The molecule has 94 valence electrons. The van der Waals surface area contributed by atoms with Crippen LogP contribution in [0.5, 0.6) is 5.75 Å². The van der Waals surface area contributed by atoms with Crippen LogP contribution in [-0.4, -0.2) is 30.4 Å². The maximum absolute atomic E-state index is 9.74. The number of rotatable bonds is 6. The van der Waals surface area contributed by atoms with Gasteiger partial charge in [0.05, 0.1) is 0 Å². The molecular formula is C13H18BrNO2. The van der Waals surface area contributed by atoms with Gasteiger partial charge >= 0.3 is 0 Å². The summed E-state index contributed by atoms with van der Waals surface area (Å²) in [6.45, 7) is 0.947. The van der Waals surface area contributed by atoms with E-state index in [4.69, 9.17) is 4.74 Å². The molecule has 1 aliphatic carbocycles. The Morgan fingerprint density at radius 1 is 1.35 bits per heavy atom. The predicted octanol–water partition coefficient (Wildman–Crippen LogP) is 2.33. The number of nitrogens with one attached hydrogen (secondary N) is 1. The predicted molar refractivity (Wildman–Crippen MR) is 71.3 cm³/mol. The molecule has 2 N–H and O–H groups in total. The number of hydrogen-bond donors (Lipinski definition) is 2. The Bertz CT molecular complexity index is 338. The van der Waals surface area contributed by atoms with E-state index in [9.17, 15) is 5.11 Å². The molecule has 4 heteroatoms. The third kappa shape index (κ3) is 4.30. The summed E-state index contributed by atoms with van der Waals surface area (Å²) in [5.74, 6) is 0.788. The molecule has 0 radical (unpaired) electrons. The number of hydrogen-bond acceptors (Lipinski definition) is 3. The van der Waals surface area contributed by atoms with Crippen LogP contribution in [0.15, 0.2) is 28.7 Å². The van der Waals surface area contributed by atoms with E-state index < -0.39 is 6.10 Å². The molecule has 0 heterocycles. The van der Waals surface area contributed by atoms with E-state index >= 15 is 0 Å². The van der Waals surface area contributed by atoms with E-state index in [1.807, 2.05) is 24.3 Å². The molecule has 17 heavy (non-hydrogen) atoms. The van der Waals surface area contributed by atoms with Crippen LogP contribution in [0.4, 0.5) is 0 Å². The number of ether oxygens (including phenoxy) is 1. The van der Waals surface area contributed by atoms with Gasteiger partial charge in [-0.2, -0.15) is 0 Å². The molecule has 0 spiro atoms. The zero-order valence-corrected chi connectivity index (χ0v) is 11.3. The van der Waals surface area contributed by atoms with Crippen LogP contribution in [0.3, 0.4) is 0 Å². The summed E-state index contributed by atoms with van der Waals surface area (Å²) in [5.41, 5.74) is 0. The molecule has 0 aliphatic heterocycles. The molecule has 1 saturated carbocycles. The van der Waals surface area contributed by atoms with Gasteiger partial charge in [0.1, 0.15) is 18.5 Å². The van der Waals surface area contributed by atoms with Crippen molar-refractivity contribution < 1.29 is 9.84 Å². The fraction of sp³-hybridized carbons (Fsp3) is 0.538. The summed E-state index contributed by atoms with van der Waals surface area (Å²) >= 11 is 3.37. The minimum Gasteiger partial charge on any atom is -0.491 e. The van der Waals surface area contributed by atoms with Crippen molar-refractivity contribution in [1.82, 2.24) is 5.32 Å². The Balaban J connectivity index is 1.64. The van der Waals surface area contributed by atoms with Gasteiger partial charge in [0.15, 0.2) is 0 Å². The van der Waals surface area contributed by atoms with E-state index in [2.05, 4.69) is 21.2 Å². The average molecular weight is 300 g/mol. The van der Waals surface area contributed by atoms with Crippen molar-refractivity contribution in [2.24, 2.45) is 0 Å². The van der Waals surface area contributed by atoms with Gasteiger partial charge in [0, 0.05) is 17.1 Å². The van der Waals surface area contributed by atoms with E-state index in [0.29, 0.717) is 19.2 Å². The highest BCUT2D eigenvalue weighted by molar-refractivity contribution is 9.10. The Kier molecular flexibility index (Phi) is 4.83. The molecule has 1 aromatic rings. The van der Waals surface area contributed by atoms with Crippen molar-refractivity contribution in [2.75, 3.05) is 13.2 Å². The first kappa shape index (κ1) is 12.9. The molecule has 1 atom stereocenters. The highest BCUT2D eigenvalue weighted by Crippen LogP contribution is 2.18. The van der Waals surface area contributed by atoms with Gasteiger partial charge in [0.25, 0.3) is 0 Å². The lowest BCUT2D eigenvalue weighted by Crippen LogP contribution is -2.41. The summed E-state index contributed by atoms with van der Waals surface area (Å²) in [5, 5.41) is 13.1. The van der Waals surface area contributed by atoms with Gasteiger partial charge in [0.2, 0.25) is 0 Å². The highest BCUT2D eigenvalue weighted by atomic mass is 79.9. The van der Waals surface area contributed by atoms with Gasteiger partial charge in [-0.25, -0.2) is 0 Å². The Morgan fingerprint density at radius 2 is 2.06 bits per heavy atom. The monoisotopic (exact) mass is 299 g/mol. The first-order valence-corrected chi connectivity index (χ1v) is 6.83. The molecule has 0 amide bonds. The van der Waals surface area contributed by atoms with Gasteiger partial charge in [-0.1, -0.05) is 22.4 Å². The van der Waals surface area contributed by atoms with E-state index in [1.54, 1.807) is 0 Å². The molecular weight excluding hydrogens is 282 g/mol. The zero-order valence-electron chi connectivity index (χ0n) is 9.73. The fourth-order valence-corrected chi connectivity index (χ4v) is 1.96. The van der Waals surface area contributed by atoms with Crippen LogP contribution < -0.4 is 10.1 Å². The molecule has 0 bridgehead atoms. The summed E-state index contributed by atoms with van der Waals surface area (Å²) in [6.07, 6.45) is 3.34. The molecule has 1 aliphatic rings. The molecule has 2 rings (SSSR count). The average Bonchev–Trinajstić information content (AvgIpc) is 2.26. The van der Waals surface area contributed by atoms with Crippen LogP contribution in [0, 0.1) is 0 Å². The van der Waals surface area contributed by atoms with Crippen LogP contribution >= 0.6 is 15.9 Å². The fourth-order valence-electron chi connectivity index (χ4n) is 1.70. The lowest BCUT2D eigenvalue weighted by Gasteiger charge is -2.27. The van der Waals surface area contributed by atoms with Crippen LogP contribution in [0.2, 0.25) is 0 Å². The second kappa shape index (κ2) is 6.38. The van der Waals surface area contributed by atoms with E-state index in [0.717, 1.165) is 10.2 Å². The van der Waals surface area contributed by atoms with E-state index in [-0.39, 0.29) is 0 Å². The Morgan fingerprint density at radius 3 is 2.65 bits per heavy atom. The summed E-state index contributed by atoms with van der Waals surface area (Å²) in [6, 6.07) is 8.23. The van der Waals surface area contributed by atoms with Crippen LogP contribution in [0.1, 0.15) is 19.3 Å². The maximum Gasteiger partial charge on any atom is 0.119 e. The van der Waals surface area contributed by atoms with Gasteiger partial charge in [-0.05, 0) is 37.1 Å². The Hall–Kier alpha value is -0.580. The van der Waals surface area contributed by atoms with E-state index in [1.165, 1.54) is 19.3 Å². The second-order valence-electron chi connectivity index (χ2n) is 4.45. The molecule has 3 nitrogen and oxygen atoms in total. The SMILES string of the molecule is OC(CNC1CCC1)COc1ccc(Br)cc1. The standard InChI is InChI=1S/C13H18BrNO2/c14-10-4-6-13(7-5-10)17-9-12(16)8-15-11-2-1-3-11/h4-7,11-12,15-16H,1-3,8-9H2. The molecule has 0 aromatic heterocycles. The minimum absolute atomic E-state index is 0.335. The van der Waals surface area contributed by atoms with Crippen molar-refractivity contribution in [3.8, 4) is 5.75 Å². The zero-order chi connectivity index (χ0) is 12.1. The number of aliphatic hydroxyl groups excluding tert-OH is 1. The number of halogens is 1. The molecule has 1 unspecified atom stereocenters. The smallest absolute Gasteiger partial charge is 0.119 e. The van der Waals surface area contributed by atoms with Gasteiger partial charge in [-0.15, -0.1) is 0 Å². The molecule has 1 aromatic carbocycles. The Labute approximate surface area is 110 Å². The van der Waals surface area contributed by atoms with Gasteiger partial charge in [-0.3, -0.25) is 0 Å². The van der Waals surface area contributed by atoms with Crippen LogP contribution in [-0.2, 0) is 0 Å². The topological polar surface area (TPSA) is 41.5 Å². The lowest BCUT2D eigenvalue weighted by molar-refractivity contribution is 0.0997. The van der Waals surface area contributed by atoms with Crippen molar-refractivity contribution in [1.29, 1.82) is 0 Å². The first-order valence-electron chi connectivity index (χ1n) is 6.04. The number of aliphatic hydroxyl groups is 1. The van der Waals surface area contributed by atoms with Crippen molar-refractivity contribution >= 4 is 15.9 Å². The quantitative estimate of drug-likeness (QED) is 0.847. The minimum atomic E-state index is -0.445. The van der Waals surface area contributed by atoms with Crippen molar-refractivity contribution in [3.05, 3.63) is 28.7 Å². The summed E-state index contributed by atoms with van der Waals surface area (Å²) in [4.78, 5) is 0. The van der Waals surface area contributed by atoms with Crippen molar-refractivity contribution in [2.45, 2.75) is 31.4 Å². The number of benzene rings is 1. The van der Waals surface area contributed by atoms with Gasteiger partial charge < -0.3 is 15.2 Å². The lowest BCUT2D eigenvalue weighted by atomic mass is 9.93. The second-order valence-corrected chi connectivity index (χ2v) is 5.37. The molecule has 1 fully saturated rings. The first-order chi connectivity index (χ1) is 8.24. The largest absolute Gasteiger partial charge is 0.491 e. The highest BCUT2D eigenvalue weighted by Gasteiger charge is 2.17.